The molecule has 2 unspecified atom stereocenters. The molecule has 0 saturated carbocycles. The molecule has 0 fully saturated rings. The van der Waals surface area contributed by atoms with Crippen LogP contribution in [0.3, 0.4) is 0 Å². The molecule has 2 atom stereocenters. The zero-order valence-corrected chi connectivity index (χ0v) is 10.3. The van der Waals surface area contributed by atoms with E-state index < -0.39 is 0 Å². The maximum absolute atomic E-state index is 5.52. The number of hydrogen-bond acceptors (Lipinski definition) is 2. The van der Waals surface area contributed by atoms with Gasteiger partial charge in [-0.1, -0.05) is 20.3 Å². The smallest absolute Gasteiger partial charge is 0.0480 e. The van der Waals surface area contributed by atoms with Gasteiger partial charge in [0.05, 0.1) is 0 Å². The SMILES string of the molecule is CCCCOCCC(C)NC(C)CC. The summed E-state index contributed by atoms with van der Waals surface area (Å²) < 4.78 is 5.52. The van der Waals surface area contributed by atoms with Gasteiger partial charge in [-0.15, -0.1) is 0 Å². The van der Waals surface area contributed by atoms with Crippen LogP contribution in [-0.4, -0.2) is 25.3 Å². The Labute approximate surface area is 89.4 Å². The molecule has 0 rings (SSSR count). The topological polar surface area (TPSA) is 21.3 Å². The zero-order valence-electron chi connectivity index (χ0n) is 10.3. The molecule has 0 saturated heterocycles. The van der Waals surface area contributed by atoms with Crippen molar-refractivity contribution in [3.8, 4) is 0 Å². The lowest BCUT2D eigenvalue weighted by molar-refractivity contribution is 0.121. The first-order chi connectivity index (χ1) is 6.70. The van der Waals surface area contributed by atoms with E-state index >= 15 is 0 Å². The van der Waals surface area contributed by atoms with Gasteiger partial charge in [0.2, 0.25) is 0 Å². The Kier molecular flexibility index (Phi) is 9.42. The summed E-state index contributed by atoms with van der Waals surface area (Å²) in [4.78, 5) is 0. The van der Waals surface area contributed by atoms with Crippen LogP contribution in [-0.2, 0) is 4.74 Å². The fourth-order valence-electron chi connectivity index (χ4n) is 1.30. The monoisotopic (exact) mass is 201 g/mol. The van der Waals surface area contributed by atoms with Gasteiger partial charge < -0.3 is 10.1 Å². The summed E-state index contributed by atoms with van der Waals surface area (Å²) in [5, 5.41) is 3.54. The molecule has 0 aromatic rings. The minimum atomic E-state index is 0.576. The van der Waals surface area contributed by atoms with Crippen LogP contribution in [0.5, 0.6) is 0 Å². The van der Waals surface area contributed by atoms with Crippen molar-refractivity contribution in [2.45, 2.75) is 65.5 Å². The Morgan fingerprint density at radius 2 is 1.79 bits per heavy atom. The van der Waals surface area contributed by atoms with Crippen molar-refractivity contribution in [3.05, 3.63) is 0 Å². The lowest BCUT2D eigenvalue weighted by Crippen LogP contribution is -2.34. The molecule has 0 spiro atoms. The van der Waals surface area contributed by atoms with Crippen LogP contribution in [0.4, 0.5) is 0 Å². The van der Waals surface area contributed by atoms with E-state index in [1.165, 1.54) is 19.3 Å². The van der Waals surface area contributed by atoms with E-state index in [4.69, 9.17) is 4.74 Å². The van der Waals surface area contributed by atoms with E-state index in [1.807, 2.05) is 0 Å². The Morgan fingerprint density at radius 3 is 2.36 bits per heavy atom. The molecule has 14 heavy (non-hydrogen) atoms. The molecule has 0 bridgehead atoms. The molecule has 2 heteroatoms. The van der Waals surface area contributed by atoms with Crippen molar-refractivity contribution in [1.82, 2.24) is 5.32 Å². The highest BCUT2D eigenvalue weighted by atomic mass is 16.5. The van der Waals surface area contributed by atoms with Crippen molar-refractivity contribution in [2.75, 3.05) is 13.2 Å². The third-order valence-electron chi connectivity index (χ3n) is 2.52. The van der Waals surface area contributed by atoms with Crippen LogP contribution in [0.25, 0.3) is 0 Å². The molecular formula is C12H27NO. The lowest BCUT2D eigenvalue weighted by atomic mass is 10.2. The van der Waals surface area contributed by atoms with Crippen molar-refractivity contribution in [1.29, 1.82) is 0 Å². The van der Waals surface area contributed by atoms with Crippen LogP contribution >= 0.6 is 0 Å². The van der Waals surface area contributed by atoms with Gasteiger partial charge in [0, 0.05) is 25.3 Å². The fourth-order valence-corrected chi connectivity index (χ4v) is 1.30. The van der Waals surface area contributed by atoms with Crippen molar-refractivity contribution in [2.24, 2.45) is 0 Å². The molecule has 0 aliphatic carbocycles. The molecule has 86 valence electrons. The quantitative estimate of drug-likeness (QED) is 0.579. The van der Waals surface area contributed by atoms with Crippen LogP contribution in [0, 0.1) is 0 Å². The van der Waals surface area contributed by atoms with Crippen molar-refractivity contribution < 1.29 is 4.74 Å². The highest BCUT2D eigenvalue weighted by Gasteiger charge is 2.04. The van der Waals surface area contributed by atoms with Gasteiger partial charge in [-0.2, -0.15) is 0 Å². The van der Waals surface area contributed by atoms with Crippen LogP contribution in [0.15, 0.2) is 0 Å². The second kappa shape index (κ2) is 9.47. The Morgan fingerprint density at radius 1 is 1.07 bits per heavy atom. The third kappa shape index (κ3) is 8.52. The van der Waals surface area contributed by atoms with Crippen LogP contribution in [0.2, 0.25) is 0 Å². The normalized spacial score (nSPS) is 15.4. The largest absolute Gasteiger partial charge is 0.381 e. The van der Waals surface area contributed by atoms with Crippen molar-refractivity contribution >= 4 is 0 Å². The summed E-state index contributed by atoms with van der Waals surface area (Å²) in [6.45, 7) is 10.7. The third-order valence-corrected chi connectivity index (χ3v) is 2.52. The number of unbranched alkanes of at least 4 members (excludes halogenated alkanes) is 1. The summed E-state index contributed by atoms with van der Waals surface area (Å²) in [6.07, 6.45) is 4.73. The fraction of sp³-hybridized carbons (Fsp3) is 1.00. The summed E-state index contributed by atoms with van der Waals surface area (Å²) >= 11 is 0. The first kappa shape index (κ1) is 13.9. The van der Waals surface area contributed by atoms with E-state index in [1.54, 1.807) is 0 Å². The molecule has 0 heterocycles. The Hall–Kier alpha value is -0.0800. The average molecular weight is 201 g/mol. The summed E-state index contributed by atoms with van der Waals surface area (Å²) in [7, 11) is 0. The first-order valence-electron chi connectivity index (χ1n) is 6.04. The molecule has 0 amide bonds. The van der Waals surface area contributed by atoms with E-state index in [0.717, 1.165) is 19.6 Å². The van der Waals surface area contributed by atoms with E-state index in [0.29, 0.717) is 12.1 Å². The highest BCUT2D eigenvalue weighted by molar-refractivity contribution is 4.65. The Bertz CT molecular complexity index is 117. The number of nitrogens with one attached hydrogen (secondary N) is 1. The highest BCUT2D eigenvalue weighted by Crippen LogP contribution is 1.97. The summed E-state index contributed by atoms with van der Waals surface area (Å²) in [6, 6.07) is 1.20. The van der Waals surface area contributed by atoms with Gasteiger partial charge in [-0.3, -0.25) is 0 Å². The van der Waals surface area contributed by atoms with Gasteiger partial charge in [0.1, 0.15) is 0 Å². The molecule has 0 aliphatic rings. The standard InChI is InChI=1S/C12H27NO/c1-5-7-9-14-10-8-12(4)13-11(3)6-2/h11-13H,5-10H2,1-4H3. The number of ether oxygens (including phenoxy) is 1. The summed E-state index contributed by atoms with van der Waals surface area (Å²) in [5.74, 6) is 0. The van der Waals surface area contributed by atoms with E-state index in [-0.39, 0.29) is 0 Å². The molecule has 0 aromatic heterocycles. The summed E-state index contributed by atoms with van der Waals surface area (Å²) in [5.41, 5.74) is 0. The van der Waals surface area contributed by atoms with E-state index in [9.17, 15) is 0 Å². The van der Waals surface area contributed by atoms with Gasteiger partial charge in [0.15, 0.2) is 0 Å². The number of rotatable bonds is 9. The molecule has 0 aromatic carbocycles. The van der Waals surface area contributed by atoms with Crippen LogP contribution < -0.4 is 5.32 Å². The first-order valence-corrected chi connectivity index (χ1v) is 6.04. The van der Waals surface area contributed by atoms with Crippen molar-refractivity contribution in [3.63, 3.8) is 0 Å². The lowest BCUT2D eigenvalue weighted by Gasteiger charge is -2.18. The number of hydrogen-bond donors (Lipinski definition) is 1. The molecule has 0 aliphatic heterocycles. The predicted molar refractivity (Wildman–Crippen MR) is 62.7 cm³/mol. The van der Waals surface area contributed by atoms with Gasteiger partial charge in [-0.25, -0.2) is 0 Å². The van der Waals surface area contributed by atoms with Gasteiger partial charge >= 0.3 is 0 Å². The second-order valence-electron chi connectivity index (χ2n) is 4.13. The second-order valence-corrected chi connectivity index (χ2v) is 4.13. The minimum absolute atomic E-state index is 0.576. The predicted octanol–water partition coefficient (Wildman–Crippen LogP) is 2.97. The zero-order chi connectivity index (χ0) is 10.8. The molecular weight excluding hydrogens is 174 g/mol. The molecule has 1 N–H and O–H groups in total. The maximum atomic E-state index is 5.52. The Balaban J connectivity index is 3.22. The van der Waals surface area contributed by atoms with Gasteiger partial charge in [0.25, 0.3) is 0 Å². The van der Waals surface area contributed by atoms with Gasteiger partial charge in [-0.05, 0) is 33.1 Å². The van der Waals surface area contributed by atoms with Crippen LogP contribution in [0.1, 0.15) is 53.4 Å². The van der Waals surface area contributed by atoms with E-state index in [2.05, 4.69) is 33.0 Å². The molecule has 2 nitrogen and oxygen atoms in total. The average Bonchev–Trinajstić information content (AvgIpc) is 2.17. The molecule has 0 radical (unpaired) electrons. The minimum Gasteiger partial charge on any atom is -0.381 e. The maximum Gasteiger partial charge on any atom is 0.0480 e.